The molecule has 0 aliphatic carbocycles. The number of esters is 1. The Bertz CT molecular complexity index is 1000. The second kappa shape index (κ2) is 7.87. The van der Waals surface area contributed by atoms with Crippen molar-refractivity contribution in [1.29, 1.82) is 0 Å². The van der Waals surface area contributed by atoms with Crippen molar-refractivity contribution >= 4 is 35.0 Å². The maximum Gasteiger partial charge on any atom is 0.326 e. The van der Waals surface area contributed by atoms with E-state index in [2.05, 4.69) is 9.55 Å². The number of carbonyl (C=O) groups is 3. The van der Waals surface area contributed by atoms with Gasteiger partial charge in [-0.25, -0.2) is 0 Å². The first-order valence-corrected chi connectivity index (χ1v) is 9.95. The maximum absolute atomic E-state index is 12.7. The molecule has 1 aliphatic heterocycles. The first-order valence-electron chi connectivity index (χ1n) is 9.13. The molecular weight excluding hydrogens is 390 g/mol. The largest absolute Gasteiger partial charge is 0.459 e. The van der Waals surface area contributed by atoms with Crippen LogP contribution in [0, 0.1) is 13.8 Å². The fourth-order valence-corrected chi connectivity index (χ4v) is 3.93. The molecule has 0 bridgehead atoms. The molecule has 0 N–H and O–H groups in total. The lowest BCUT2D eigenvalue weighted by Gasteiger charge is -2.21. The van der Waals surface area contributed by atoms with Crippen molar-refractivity contribution < 1.29 is 19.1 Å². The second-order valence-corrected chi connectivity index (χ2v) is 8.71. The van der Waals surface area contributed by atoms with Crippen LogP contribution in [0.3, 0.4) is 0 Å². The van der Waals surface area contributed by atoms with Gasteiger partial charge in [0.15, 0.2) is 0 Å². The Morgan fingerprint density at radius 3 is 2.48 bits per heavy atom. The molecule has 1 saturated heterocycles. The van der Waals surface area contributed by atoms with E-state index in [0.29, 0.717) is 0 Å². The summed E-state index contributed by atoms with van der Waals surface area (Å²) in [6.45, 7) is 8.73. The lowest BCUT2D eigenvalue weighted by molar-refractivity contribution is -0.156. The zero-order valence-electron chi connectivity index (χ0n) is 17.1. The molecular formula is C21H23N3O4S. The first-order chi connectivity index (χ1) is 13.6. The number of pyridine rings is 1. The lowest BCUT2D eigenvalue weighted by Crippen LogP contribution is -2.37. The highest BCUT2D eigenvalue weighted by molar-refractivity contribution is 8.18. The minimum Gasteiger partial charge on any atom is -0.459 e. The summed E-state index contributed by atoms with van der Waals surface area (Å²) < 4.78 is 7.27. The van der Waals surface area contributed by atoms with Crippen molar-refractivity contribution in [3.8, 4) is 5.69 Å². The summed E-state index contributed by atoms with van der Waals surface area (Å²) in [5.41, 5.74) is 3.05. The van der Waals surface area contributed by atoms with E-state index in [-0.39, 0.29) is 4.91 Å². The smallest absolute Gasteiger partial charge is 0.326 e. The van der Waals surface area contributed by atoms with E-state index in [0.717, 1.165) is 39.3 Å². The van der Waals surface area contributed by atoms with Crippen molar-refractivity contribution in [2.75, 3.05) is 6.54 Å². The van der Waals surface area contributed by atoms with E-state index in [4.69, 9.17) is 4.74 Å². The van der Waals surface area contributed by atoms with Crippen LogP contribution >= 0.6 is 11.8 Å². The van der Waals surface area contributed by atoms with E-state index in [1.165, 1.54) is 0 Å². The quantitative estimate of drug-likeness (QED) is 0.559. The molecule has 3 rings (SSSR count). The van der Waals surface area contributed by atoms with Crippen LogP contribution in [0.4, 0.5) is 4.79 Å². The van der Waals surface area contributed by atoms with Crippen molar-refractivity contribution in [2.45, 2.75) is 40.2 Å². The summed E-state index contributed by atoms with van der Waals surface area (Å²) in [6, 6.07) is 5.76. The van der Waals surface area contributed by atoms with Crippen molar-refractivity contribution in [1.82, 2.24) is 14.5 Å². The molecule has 0 aromatic carbocycles. The average molecular weight is 413 g/mol. The number of nitrogens with zero attached hydrogens (tertiary/aromatic N) is 3. The Morgan fingerprint density at radius 1 is 1.21 bits per heavy atom. The third kappa shape index (κ3) is 4.59. The SMILES string of the molecule is Cc1cc(C=C2SC(=O)N(CC(=O)OC(C)(C)C)C2=O)c(C)n1-c1ccncc1. The first kappa shape index (κ1) is 20.9. The number of rotatable bonds is 4. The van der Waals surface area contributed by atoms with E-state index in [1.807, 2.05) is 32.0 Å². The highest BCUT2D eigenvalue weighted by Crippen LogP contribution is 2.33. The van der Waals surface area contributed by atoms with Crippen LogP contribution in [0.2, 0.25) is 0 Å². The van der Waals surface area contributed by atoms with Gasteiger partial charge in [0.05, 0.1) is 4.91 Å². The molecule has 0 saturated carbocycles. The van der Waals surface area contributed by atoms with Crippen LogP contribution in [-0.2, 0) is 14.3 Å². The fourth-order valence-electron chi connectivity index (χ4n) is 3.10. The van der Waals surface area contributed by atoms with E-state index in [1.54, 1.807) is 39.2 Å². The van der Waals surface area contributed by atoms with Crippen LogP contribution in [-0.4, -0.2) is 43.7 Å². The van der Waals surface area contributed by atoms with Gasteiger partial charge in [0.1, 0.15) is 12.1 Å². The third-order valence-corrected chi connectivity index (χ3v) is 5.17. The van der Waals surface area contributed by atoms with Crippen LogP contribution in [0.25, 0.3) is 11.8 Å². The van der Waals surface area contributed by atoms with Gasteiger partial charge in [0.25, 0.3) is 11.1 Å². The molecule has 0 atom stereocenters. The fraction of sp³-hybridized carbons (Fsp3) is 0.333. The molecule has 1 aliphatic rings. The predicted molar refractivity (Wildman–Crippen MR) is 112 cm³/mol. The van der Waals surface area contributed by atoms with E-state index >= 15 is 0 Å². The highest BCUT2D eigenvalue weighted by Gasteiger charge is 2.37. The number of hydrogen-bond acceptors (Lipinski definition) is 6. The number of amides is 2. The van der Waals surface area contributed by atoms with Gasteiger partial charge >= 0.3 is 5.97 Å². The average Bonchev–Trinajstić information content (AvgIpc) is 3.04. The zero-order chi connectivity index (χ0) is 21.3. The third-order valence-electron chi connectivity index (χ3n) is 4.26. The molecule has 2 aromatic heterocycles. The Morgan fingerprint density at radius 2 is 1.86 bits per heavy atom. The van der Waals surface area contributed by atoms with Gasteiger partial charge in [-0.05, 0) is 76.2 Å². The molecule has 2 amide bonds. The molecule has 2 aromatic rings. The molecule has 7 nitrogen and oxygen atoms in total. The van der Waals surface area contributed by atoms with E-state index < -0.39 is 29.3 Å². The van der Waals surface area contributed by atoms with Crippen molar-refractivity contribution in [3.05, 3.63) is 52.4 Å². The van der Waals surface area contributed by atoms with Crippen LogP contribution in [0.15, 0.2) is 35.5 Å². The Hall–Kier alpha value is -2.87. The van der Waals surface area contributed by atoms with Crippen LogP contribution < -0.4 is 0 Å². The number of imide groups is 1. The lowest BCUT2D eigenvalue weighted by atomic mass is 10.2. The van der Waals surface area contributed by atoms with E-state index in [9.17, 15) is 14.4 Å². The van der Waals surface area contributed by atoms with Crippen molar-refractivity contribution in [3.63, 3.8) is 0 Å². The molecule has 0 spiro atoms. The number of hydrogen-bond donors (Lipinski definition) is 0. The molecule has 1 fully saturated rings. The molecule has 0 unspecified atom stereocenters. The molecule has 3 heterocycles. The van der Waals surface area contributed by atoms with Gasteiger partial charge in [0.2, 0.25) is 0 Å². The Labute approximate surface area is 173 Å². The van der Waals surface area contributed by atoms with Gasteiger partial charge in [-0.15, -0.1) is 0 Å². The topological polar surface area (TPSA) is 81.5 Å². The number of aromatic nitrogens is 2. The minimum absolute atomic E-state index is 0.286. The van der Waals surface area contributed by atoms with Gasteiger partial charge in [-0.3, -0.25) is 24.3 Å². The number of carbonyl (C=O) groups excluding carboxylic acids is 3. The van der Waals surface area contributed by atoms with Gasteiger partial charge in [-0.2, -0.15) is 0 Å². The molecule has 0 radical (unpaired) electrons. The standard InChI is InChI=1S/C21H23N3O4S/c1-13-10-15(14(2)24(13)16-6-8-22-9-7-16)11-17-19(26)23(20(27)29-17)12-18(25)28-21(3,4)5/h6-11H,12H2,1-5H3. The Kier molecular flexibility index (Phi) is 5.66. The summed E-state index contributed by atoms with van der Waals surface area (Å²) in [4.78, 5) is 42.2. The molecule has 29 heavy (non-hydrogen) atoms. The summed E-state index contributed by atoms with van der Waals surface area (Å²) >= 11 is 0.828. The predicted octanol–water partition coefficient (Wildman–Crippen LogP) is 3.87. The van der Waals surface area contributed by atoms with Gasteiger partial charge in [-0.1, -0.05) is 0 Å². The number of ether oxygens (including phenoxy) is 1. The number of aryl methyl sites for hydroxylation is 1. The molecule has 152 valence electrons. The minimum atomic E-state index is -0.681. The summed E-state index contributed by atoms with van der Waals surface area (Å²) in [7, 11) is 0. The van der Waals surface area contributed by atoms with Crippen LogP contribution in [0.1, 0.15) is 37.7 Å². The number of thioether (sulfide) groups is 1. The summed E-state index contributed by atoms with van der Waals surface area (Å²) in [6.07, 6.45) is 5.13. The van der Waals surface area contributed by atoms with Gasteiger partial charge in [0, 0.05) is 29.5 Å². The zero-order valence-corrected chi connectivity index (χ0v) is 17.9. The van der Waals surface area contributed by atoms with Crippen molar-refractivity contribution in [2.24, 2.45) is 0 Å². The second-order valence-electron chi connectivity index (χ2n) is 7.72. The maximum atomic E-state index is 12.7. The summed E-state index contributed by atoms with van der Waals surface area (Å²) in [5, 5.41) is -0.477. The normalized spacial score (nSPS) is 16.0. The highest BCUT2D eigenvalue weighted by atomic mass is 32.2. The molecule has 8 heteroatoms. The summed E-state index contributed by atoms with van der Waals surface area (Å²) in [5.74, 6) is -1.10. The van der Waals surface area contributed by atoms with Gasteiger partial charge < -0.3 is 9.30 Å². The Balaban J connectivity index is 1.84. The van der Waals surface area contributed by atoms with Crippen LogP contribution in [0.5, 0.6) is 0 Å². The monoisotopic (exact) mass is 413 g/mol.